The van der Waals surface area contributed by atoms with Crippen LogP contribution in [0.2, 0.25) is 0 Å². The van der Waals surface area contributed by atoms with Crippen molar-refractivity contribution in [3.05, 3.63) is 35.0 Å². The molecule has 1 fully saturated rings. The van der Waals surface area contributed by atoms with E-state index < -0.39 is 0 Å². The predicted molar refractivity (Wildman–Crippen MR) is 78.0 cm³/mol. The van der Waals surface area contributed by atoms with Crippen LogP contribution < -0.4 is 4.74 Å². The summed E-state index contributed by atoms with van der Waals surface area (Å²) in [6.07, 6.45) is 4.89. The van der Waals surface area contributed by atoms with E-state index in [2.05, 4.69) is 18.2 Å². The Bertz CT molecular complexity index is 411. The van der Waals surface area contributed by atoms with Gasteiger partial charge >= 0.3 is 0 Å². The molecule has 1 aromatic rings. The van der Waals surface area contributed by atoms with Crippen molar-refractivity contribution in [3.63, 3.8) is 0 Å². The SMILES string of the molecule is COc1cccc([C@@H]2CCCC[C@H]2C[N+](C)(C)[O-])c1. The summed E-state index contributed by atoms with van der Waals surface area (Å²) in [7, 11) is 5.20. The number of hydrogen-bond acceptors (Lipinski definition) is 2. The van der Waals surface area contributed by atoms with Crippen LogP contribution in [-0.2, 0) is 0 Å². The molecule has 1 aliphatic carbocycles. The van der Waals surface area contributed by atoms with Crippen molar-refractivity contribution in [2.24, 2.45) is 5.92 Å². The quantitative estimate of drug-likeness (QED) is 0.614. The molecule has 0 unspecified atom stereocenters. The van der Waals surface area contributed by atoms with Crippen LogP contribution >= 0.6 is 0 Å². The molecule has 2 rings (SSSR count). The maximum atomic E-state index is 12.0. The lowest BCUT2D eigenvalue weighted by atomic mass is 9.75. The molecular formula is C16H25NO2. The minimum absolute atomic E-state index is 0.189. The molecule has 0 aliphatic heterocycles. The summed E-state index contributed by atoms with van der Waals surface area (Å²) < 4.78 is 5.13. The first-order valence-electron chi connectivity index (χ1n) is 7.17. The second-order valence-corrected chi connectivity index (χ2v) is 6.18. The highest BCUT2D eigenvalue weighted by atomic mass is 16.5. The van der Waals surface area contributed by atoms with Crippen molar-refractivity contribution in [1.82, 2.24) is 0 Å². The topological polar surface area (TPSA) is 32.3 Å². The highest BCUT2D eigenvalue weighted by Gasteiger charge is 2.29. The van der Waals surface area contributed by atoms with Crippen molar-refractivity contribution in [1.29, 1.82) is 0 Å². The van der Waals surface area contributed by atoms with E-state index >= 15 is 0 Å². The third-order valence-electron chi connectivity index (χ3n) is 4.11. The van der Waals surface area contributed by atoms with Crippen molar-refractivity contribution in [2.45, 2.75) is 31.6 Å². The molecule has 1 saturated carbocycles. The summed E-state index contributed by atoms with van der Waals surface area (Å²) in [5.74, 6) is 1.92. The van der Waals surface area contributed by atoms with Gasteiger partial charge in [0.05, 0.1) is 27.7 Å². The van der Waals surface area contributed by atoms with E-state index in [-0.39, 0.29) is 4.65 Å². The van der Waals surface area contributed by atoms with Gasteiger partial charge in [0.1, 0.15) is 5.75 Å². The number of methoxy groups -OCH3 is 1. The molecule has 1 aromatic carbocycles. The van der Waals surface area contributed by atoms with Crippen molar-refractivity contribution >= 4 is 0 Å². The summed E-state index contributed by atoms with van der Waals surface area (Å²) in [6, 6.07) is 8.34. The zero-order valence-corrected chi connectivity index (χ0v) is 12.3. The molecule has 106 valence electrons. The van der Waals surface area contributed by atoms with Crippen LogP contribution in [0.5, 0.6) is 5.75 Å². The van der Waals surface area contributed by atoms with Gasteiger partial charge in [0.2, 0.25) is 0 Å². The van der Waals surface area contributed by atoms with E-state index in [9.17, 15) is 5.21 Å². The van der Waals surface area contributed by atoms with Gasteiger partial charge < -0.3 is 14.6 Å². The monoisotopic (exact) mass is 263 g/mol. The van der Waals surface area contributed by atoms with E-state index in [0.29, 0.717) is 18.4 Å². The second-order valence-electron chi connectivity index (χ2n) is 6.18. The lowest BCUT2D eigenvalue weighted by Crippen LogP contribution is -2.40. The van der Waals surface area contributed by atoms with Gasteiger partial charge in [0.15, 0.2) is 0 Å². The van der Waals surface area contributed by atoms with Crippen LogP contribution in [-0.4, -0.2) is 32.4 Å². The first kappa shape index (κ1) is 14.4. The Balaban J connectivity index is 2.18. The first-order chi connectivity index (χ1) is 8.99. The van der Waals surface area contributed by atoms with E-state index in [4.69, 9.17) is 4.74 Å². The van der Waals surface area contributed by atoms with Gasteiger partial charge in [-0.1, -0.05) is 25.0 Å². The average molecular weight is 263 g/mol. The van der Waals surface area contributed by atoms with Crippen LogP contribution in [0.3, 0.4) is 0 Å². The number of nitrogens with zero attached hydrogens (tertiary/aromatic N) is 1. The second kappa shape index (κ2) is 5.93. The molecule has 0 bridgehead atoms. The van der Waals surface area contributed by atoms with Crippen molar-refractivity contribution in [3.8, 4) is 5.75 Å². The molecule has 2 atom stereocenters. The summed E-state index contributed by atoms with van der Waals surface area (Å²) in [5, 5.41) is 12.0. The Morgan fingerprint density at radius 1 is 1.26 bits per heavy atom. The third kappa shape index (κ3) is 3.95. The van der Waals surface area contributed by atoms with Crippen LogP contribution in [0, 0.1) is 11.1 Å². The maximum Gasteiger partial charge on any atom is 0.119 e. The fraction of sp³-hybridized carbons (Fsp3) is 0.625. The van der Waals surface area contributed by atoms with Crippen LogP contribution in [0.25, 0.3) is 0 Å². The molecule has 0 saturated heterocycles. The number of ether oxygens (including phenoxy) is 1. The largest absolute Gasteiger partial charge is 0.633 e. The molecule has 1 aliphatic rings. The molecule has 0 radical (unpaired) electrons. The van der Waals surface area contributed by atoms with E-state index in [1.807, 2.05) is 6.07 Å². The lowest BCUT2D eigenvalue weighted by molar-refractivity contribution is -0.844. The fourth-order valence-electron chi connectivity index (χ4n) is 3.30. The third-order valence-corrected chi connectivity index (χ3v) is 4.11. The van der Waals surface area contributed by atoms with E-state index in [1.165, 1.54) is 31.2 Å². The zero-order valence-electron chi connectivity index (χ0n) is 12.3. The van der Waals surface area contributed by atoms with E-state index in [0.717, 1.165) is 5.75 Å². The highest BCUT2D eigenvalue weighted by Crippen LogP contribution is 2.39. The average Bonchev–Trinajstić information content (AvgIpc) is 2.37. The Labute approximate surface area is 116 Å². The predicted octanol–water partition coefficient (Wildman–Crippen LogP) is 3.54. The highest BCUT2D eigenvalue weighted by molar-refractivity contribution is 5.31. The Morgan fingerprint density at radius 2 is 2.00 bits per heavy atom. The van der Waals surface area contributed by atoms with E-state index in [1.54, 1.807) is 21.2 Å². The summed E-state index contributed by atoms with van der Waals surface area (Å²) in [5.41, 5.74) is 1.33. The number of hydroxylamine groups is 3. The Hall–Kier alpha value is -1.06. The minimum atomic E-state index is -0.189. The molecule has 0 amide bonds. The van der Waals surface area contributed by atoms with Gasteiger partial charge in [-0.2, -0.15) is 0 Å². The van der Waals surface area contributed by atoms with Crippen LogP contribution in [0.1, 0.15) is 37.2 Å². The molecule has 0 heterocycles. The maximum absolute atomic E-state index is 12.0. The van der Waals surface area contributed by atoms with Gasteiger partial charge in [-0.05, 0) is 36.5 Å². The first-order valence-corrected chi connectivity index (χ1v) is 7.17. The van der Waals surface area contributed by atoms with Crippen molar-refractivity contribution in [2.75, 3.05) is 27.7 Å². The molecular weight excluding hydrogens is 238 g/mol. The van der Waals surface area contributed by atoms with Crippen LogP contribution in [0.15, 0.2) is 24.3 Å². The molecule has 19 heavy (non-hydrogen) atoms. The Morgan fingerprint density at radius 3 is 2.68 bits per heavy atom. The lowest BCUT2D eigenvalue weighted by Gasteiger charge is -2.41. The summed E-state index contributed by atoms with van der Waals surface area (Å²) in [6.45, 7) is 0.710. The molecule has 3 heteroatoms. The van der Waals surface area contributed by atoms with Gasteiger partial charge in [-0.15, -0.1) is 0 Å². The molecule has 0 aromatic heterocycles. The smallest absolute Gasteiger partial charge is 0.119 e. The Kier molecular flexibility index (Phi) is 4.48. The molecule has 3 nitrogen and oxygen atoms in total. The molecule has 0 spiro atoms. The number of hydrogen-bond donors (Lipinski definition) is 0. The van der Waals surface area contributed by atoms with Gasteiger partial charge in [-0.3, -0.25) is 0 Å². The fourth-order valence-corrected chi connectivity index (χ4v) is 3.30. The summed E-state index contributed by atoms with van der Waals surface area (Å²) in [4.78, 5) is 0. The summed E-state index contributed by atoms with van der Waals surface area (Å²) >= 11 is 0. The van der Waals surface area contributed by atoms with Gasteiger partial charge in [-0.25, -0.2) is 0 Å². The number of rotatable bonds is 4. The standard InChI is InChI=1S/C16H25NO2/c1-17(2,18)12-14-7-4-5-10-16(14)13-8-6-9-15(11-13)19-3/h6,8-9,11,14,16H,4-5,7,10,12H2,1-3H3/t14-,16-/m0/s1. The zero-order chi connectivity index (χ0) is 13.9. The van der Waals surface area contributed by atoms with Gasteiger partial charge in [0, 0.05) is 5.92 Å². The number of quaternary nitrogens is 1. The van der Waals surface area contributed by atoms with Crippen molar-refractivity contribution < 1.29 is 9.38 Å². The number of benzene rings is 1. The minimum Gasteiger partial charge on any atom is -0.633 e. The van der Waals surface area contributed by atoms with Crippen LogP contribution in [0.4, 0.5) is 0 Å². The molecule has 0 N–H and O–H groups in total. The van der Waals surface area contributed by atoms with Gasteiger partial charge in [0.25, 0.3) is 0 Å². The normalized spacial score (nSPS) is 24.2.